The van der Waals surface area contributed by atoms with E-state index in [-0.39, 0.29) is 31.4 Å². The third-order valence-corrected chi connectivity index (χ3v) is 5.15. The Balaban J connectivity index is 1.90. The summed E-state index contributed by atoms with van der Waals surface area (Å²) in [6.45, 7) is 1.78. The largest absolute Gasteiger partial charge is 0.396 e. The molecule has 1 aliphatic rings. The highest BCUT2D eigenvalue weighted by molar-refractivity contribution is 6.00. The Kier molecular flexibility index (Phi) is 6.03. The van der Waals surface area contributed by atoms with Gasteiger partial charge in [0.15, 0.2) is 0 Å². The van der Waals surface area contributed by atoms with Gasteiger partial charge in [-0.3, -0.25) is 9.78 Å². The van der Waals surface area contributed by atoms with E-state index < -0.39 is 12.1 Å². The van der Waals surface area contributed by atoms with Gasteiger partial charge in [0, 0.05) is 24.2 Å². The summed E-state index contributed by atoms with van der Waals surface area (Å²) in [7, 11) is 0. The second-order valence-corrected chi connectivity index (χ2v) is 7.23. The zero-order chi connectivity index (χ0) is 20.3. The third kappa shape index (κ3) is 4.52. The number of amides is 1. The van der Waals surface area contributed by atoms with E-state index in [1.54, 1.807) is 19.1 Å². The molecule has 0 bridgehead atoms. The quantitative estimate of drug-likeness (QED) is 0.789. The zero-order valence-electron chi connectivity index (χ0n) is 15.6. The Labute approximate surface area is 161 Å². The Morgan fingerprint density at radius 2 is 2.18 bits per heavy atom. The van der Waals surface area contributed by atoms with Crippen LogP contribution in [0.3, 0.4) is 0 Å². The molecule has 2 atom stereocenters. The minimum Gasteiger partial charge on any atom is -0.396 e. The van der Waals surface area contributed by atoms with Crippen LogP contribution >= 0.6 is 0 Å². The first-order chi connectivity index (χ1) is 13.3. The topological polar surface area (TPSA) is 62.2 Å². The van der Waals surface area contributed by atoms with Gasteiger partial charge in [0.2, 0.25) is 0 Å². The number of allylic oxidation sites excluding steroid dienone is 2. The number of aliphatic hydroxyl groups excluding tert-OH is 1. The van der Waals surface area contributed by atoms with Gasteiger partial charge in [-0.25, -0.2) is 0 Å². The Morgan fingerprint density at radius 1 is 1.39 bits per heavy atom. The van der Waals surface area contributed by atoms with E-state index in [4.69, 9.17) is 5.11 Å². The normalized spacial score (nSPS) is 18.6. The van der Waals surface area contributed by atoms with Crippen molar-refractivity contribution in [1.29, 1.82) is 0 Å². The van der Waals surface area contributed by atoms with E-state index in [1.807, 2.05) is 18.2 Å². The maximum atomic E-state index is 12.9. The van der Waals surface area contributed by atoms with Gasteiger partial charge in [0.25, 0.3) is 5.91 Å². The monoisotopic (exact) mass is 392 g/mol. The molecule has 7 heteroatoms. The van der Waals surface area contributed by atoms with E-state index in [9.17, 15) is 18.0 Å². The summed E-state index contributed by atoms with van der Waals surface area (Å²) in [6, 6.07) is 7.06. The molecule has 1 unspecified atom stereocenters. The van der Waals surface area contributed by atoms with Crippen molar-refractivity contribution in [2.75, 3.05) is 6.61 Å². The highest BCUT2D eigenvalue weighted by Gasteiger charge is 2.39. The molecule has 28 heavy (non-hydrogen) atoms. The third-order valence-electron chi connectivity index (χ3n) is 5.15. The second kappa shape index (κ2) is 8.31. The highest BCUT2D eigenvalue weighted by Crippen LogP contribution is 2.40. The molecule has 0 fully saturated rings. The molecule has 0 spiro atoms. The van der Waals surface area contributed by atoms with E-state index in [1.165, 1.54) is 6.20 Å². The number of carbonyl (C=O) groups excluding carboxylic acids is 1. The summed E-state index contributed by atoms with van der Waals surface area (Å²) in [5.41, 5.74) is 2.76. The molecule has 150 valence electrons. The van der Waals surface area contributed by atoms with Gasteiger partial charge in [-0.1, -0.05) is 18.2 Å². The molecule has 1 heterocycles. The lowest BCUT2D eigenvalue weighted by atomic mass is 9.85. The number of alkyl halides is 3. The number of carbonyl (C=O) groups is 1. The highest BCUT2D eigenvalue weighted by atomic mass is 19.4. The van der Waals surface area contributed by atoms with Crippen LogP contribution in [0.15, 0.2) is 36.5 Å². The number of fused-ring (bicyclic) bond motifs is 1. The van der Waals surface area contributed by atoms with Crippen LogP contribution in [-0.4, -0.2) is 34.8 Å². The number of aromatic nitrogens is 1. The smallest absolute Gasteiger partial charge is 0.392 e. The predicted molar refractivity (Wildman–Crippen MR) is 102 cm³/mol. The number of aliphatic hydroxyl groups is 1. The average Bonchev–Trinajstić information content (AvgIpc) is 2.66. The van der Waals surface area contributed by atoms with Crippen molar-refractivity contribution >= 4 is 22.4 Å². The van der Waals surface area contributed by atoms with Gasteiger partial charge in [-0.2, -0.15) is 13.2 Å². The first-order valence-corrected chi connectivity index (χ1v) is 9.36. The molecule has 1 aromatic carbocycles. The lowest BCUT2D eigenvalue weighted by molar-refractivity contribution is -0.175. The number of hydrogen-bond acceptors (Lipinski definition) is 3. The Hall–Kier alpha value is -2.41. The summed E-state index contributed by atoms with van der Waals surface area (Å²) in [5.74, 6) is -1.58. The second-order valence-electron chi connectivity index (χ2n) is 7.23. The summed E-state index contributed by atoms with van der Waals surface area (Å²) in [4.78, 5) is 16.8. The number of nitrogens with one attached hydrogen (secondary N) is 1. The summed E-state index contributed by atoms with van der Waals surface area (Å²) in [6.07, 6.45) is -0.189. The van der Waals surface area contributed by atoms with E-state index in [0.29, 0.717) is 23.9 Å². The number of rotatable bonds is 5. The molecule has 0 aliphatic heterocycles. The fourth-order valence-electron chi connectivity index (χ4n) is 3.50. The Morgan fingerprint density at radius 3 is 2.82 bits per heavy atom. The van der Waals surface area contributed by atoms with Crippen LogP contribution in [0.25, 0.3) is 16.5 Å². The van der Waals surface area contributed by atoms with Crippen LogP contribution in [-0.2, 0) is 0 Å². The van der Waals surface area contributed by atoms with Crippen molar-refractivity contribution in [2.24, 2.45) is 5.92 Å². The first-order valence-electron chi connectivity index (χ1n) is 9.36. The number of hydrogen-bond donors (Lipinski definition) is 2. The molecule has 1 amide bonds. The van der Waals surface area contributed by atoms with Crippen LogP contribution in [0.2, 0.25) is 0 Å². The lowest BCUT2D eigenvalue weighted by Gasteiger charge is -2.24. The first kappa shape index (κ1) is 20.3. The van der Waals surface area contributed by atoms with Gasteiger partial charge in [-0.15, -0.1) is 0 Å². The van der Waals surface area contributed by atoms with Crippen LogP contribution in [0.5, 0.6) is 0 Å². The van der Waals surface area contributed by atoms with E-state index in [2.05, 4.69) is 10.3 Å². The van der Waals surface area contributed by atoms with Crippen molar-refractivity contribution in [3.63, 3.8) is 0 Å². The molecule has 3 rings (SSSR count). The van der Waals surface area contributed by atoms with E-state index >= 15 is 0 Å². The molecule has 4 nitrogen and oxygen atoms in total. The van der Waals surface area contributed by atoms with Gasteiger partial charge in [-0.05, 0) is 55.9 Å². The number of nitrogens with zero attached hydrogens (tertiary/aromatic N) is 1. The maximum Gasteiger partial charge on any atom is 0.392 e. The van der Waals surface area contributed by atoms with Gasteiger partial charge in [0.05, 0.1) is 17.0 Å². The van der Waals surface area contributed by atoms with E-state index in [0.717, 1.165) is 16.5 Å². The average molecular weight is 392 g/mol. The molecule has 0 saturated heterocycles. The predicted octanol–water partition coefficient (Wildman–Crippen LogP) is 4.48. The zero-order valence-corrected chi connectivity index (χ0v) is 15.6. The van der Waals surface area contributed by atoms with Crippen molar-refractivity contribution in [1.82, 2.24) is 10.3 Å². The van der Waals surface area contributed by atoms with Crippen molar-refractivity contribution in [3.05, 3.63) is 47.7 Å². The number of pyridine rings is 1. The number of benzene rings is 1. The molecular weight excluding hydrogens is 369 g/mol. The molecule has 0 radical (unpaired) electrons. The van der Waals surface area contributed by atoms with Crippen LogP contribution in [0.4, 0.5) is 13.2 Å². The van der Waals surface area contributed by atoms with Crippen LogP contribution in [0.1, 0.15) is 48.5 Å². The summed E-state index contributed by atoms with van der Waals surface area (Å²) in [5, 5.41) is 12.5. The molecule has 2 N–H and O–H groups in total. The molecule has 2 aromatic rings. The molecule has 1 aliphatic carbocycles. The Bertz CT molecular complexity index is 893. The fraction of sp³-hybridized carbons (Fsp3) is 0.429. The van der Waals surface area contributed by atoms with Gasteiger partial charge < -0.3 is 10.4 Å². The lowest BCUT2D eigenvalue weighted by Crippen LogP contribution is -2.33. The van der Waals surface area contributed by atoms with Crippen LogP contribution in [0, 0.1) is 5.92 Å². The van der Waals surface area contributed by atoms with Crippen LogP contribution < -0.4 is 5.32 Å². The van der Waals surface area contributed by atoms with Gasteiger partial charge >= 0.3 is 6.18 Å². The maximum absolute atomic E-state index is 12.9. The minimum atomic E-state index is -4.17. The molecule has 1 aromatic heterocycles. The number of halogens is 3. The SMILES string of the molecule is C[C@H](CCO)NC(=O)c1cnc2cccc(C3=CCC(C(F)(F)F)CC3)c2c1. The van der Waals surface area contributed by atoms with Crippen molar-refractivity contribution in [3.8, 4) is 0 Å². The molecular formula is C21H23F3N2O2. The van der Waals surface area contributed by atoms with Crippen molar-refractivity contribution < 1.29 is 23.1 Å². The summed E-state index contributed by atoms with van der Waals surface area (Å²) >= 11 is 0. The van der Waals surface area contributed by atoms with Gasteiger partial charge in [0.1, 0.15) is 0 Å². The minimum absolute atomic E-state index is 0.0192. The summed E-state index contributed by atoms with van der Waals surface area (Å²) < 4.78 is 38.8. The standard InChI is InChI=1S/C21H23F3N2O2/c1-13(9-10-27)26-20(28)15-11-18-17(3-2-4-19(18)25-12-15)14-5-7-16(8-6-14)21(22,23)24/h2-5,11-13,16,27H,6-10H2,1H3,(H,26,28)/t13-,16?/m1/s1. The fourth-order valence-corrected chi connectivity index (χ4v) is 3.50. The van der Waals surface area contributed by atoms with Crippen molar-refractivity contribution in [2.45, 2.75) is 44.8 Å². The molecule has 0 saturated carbocycles.